The molecule has 1 aliphatic heterocycles. The maximum atomic E-state index is 9.42. The third kappa shape index (κ3) is 1.56. The molecular weight excluding hydrogens is 252 g/mol. The zero-order chi connectivity index (χ0) is 14.2. The van der Waals surface area contributed by atoms with Crippen LogP contribution in [0.15, 0.2) is 60.2 Å². The molecule has 4 N–H and O–H groups in total. The standard InChI is InChI=1S/C15H12N4O/c16-8-12-14(17)20-13-6-2-1-5-11(13)15(12,18)10-4-3-7-19-9-10/h1-7,9H,17-18H2. The molecule has 2 heterocycles. The summed E-state index contributed by atoms with van der Waals surface area (Å²) in [5.41, 5.74) is 12.8. The van der Waals surface area contributed by atoms with Gasteiger partial charge < -0.3 is 16.2 Å². The highest BCUT2D eigenvalue weighted by molar-refractivity contribution is 5.59. The van der Waals surface area contributed by atoms with Crippen LogP contribution in [0, 0.1) is 11.3 Å². The average molecular weight is 264 g/mol. The lowest BCUT2D eigenvalue weighted by Crippen LogP contribution is -2.44. The van der Waals surface area contributed by atoms with E-state index < -0.39 is 5.54 Å². The predicted octanol–water partition coefficient (Wildman–Crippen LogP) is 1.37. The molecule has 0 spiro atoms. The average Bonchev–Trinajstić information content (AvgIpc) is 2.48. The Kier molecular flexibility index (Phi) is 2.67. The first-order chi connectivity index (χ1) is 9.67. The number of nitrogens with zero attached hydrogens (tertiary/aromatic N) is 2. The van der Waals surface area contributed by atoms with Crippen molar-refractivity contribution in [1.82, 2.24) is 4.98 Å². The van der Waals surface area contributed by atoms with Crippen molar-refractivity contribution in [2.45, 2.75) is 5.54 Å². The molecule has 1 aromatic carbocycles. The number of hydrogen-bond donors (Lipinski definition) is 2. The molecule has 0 radical (unpaired) electrons. The summed E-state index contributed by atoms with van der Waals surface area (Å²) in [6.07, 6.45) is 3.28. The molecule has 2 aromatic rings. The van der Waals surface area contributed by atoms with Crippen molar-refractivity contribution >= 4 is 0 Å². The first-order valence-electron chi connectivity index (χ1n) is 6.05. The molecule has 0 saturated carbocycles. The van der Waals surface area contributed by atoms with Gasteiger partial charge in [0.25, 0.3) is 0 Å². The summed E-state index contributed by atoms with van der Waals surface area (Å²) >= 11 is 0. The van der Waals surface area contributed by atoms with Crippen molar-refractivity contribution in [3.05, 3.63) is 71.4 Å². The van der Waals surface area contributed by atoms with Gasteiger partial charge in [-0.3, -0.25) is 4.98 Å². The minimum absolute atomic E-state index is 0.0255. The summed E-state index contributed by atoms with van der Waals surface area (Å²) in [6, 6.07) is 12.9. The highest BCUT2D eigenvalue weighted by atomic mass is 16.5. The molecule has 3 rings (SSSR count). The van der Waals surface area contributed by atoms with Gasteiger partial charge in [0.2, 0.25) is 5.88 Å². The first kappa shape index (κ1) is 12.2. The maximum absolute atomic E-state index is 9.42. The normalized spacial score (nSPS) is 20.8. The third-order valence-corrected chi connectivity index (χ3v) is 3.40. The minimum Gasteiger partial charge on any atom is -0.440 e. The Labute approximate surface area is 116 Å². The molecule has 1 aliphatic rings. The quantitative estimate of drug-likeness (QED) is 0.810. The van der Waals surface area contributed by atoms with Gasteiger partial charge in [-0.2, -0.15) is 5.26 Å². The van der Waals surface area contributed by atoms with E-state index in [0.29, 0.717) is 16.9 Å². The SMILES string of the molecule is N#CC1=C(N)Oc2ccccc2C1(N)c1cccnc1. The lowest BCUT2D eigenvalue weighted by molar-refractivity contribution is 0.370. The molecular formula is C15H12N4O. The number of rotatable bonds is 1. The van der Waals surface area contributed by atoms with Crippen LogP contribution in [0.1, 0.15) is 11.1 Å². The van der Waals surface area contributed by atoms with E-state index >= 15 is 0 Å². The smallest absolute Gasteiger partial charge is 0.207 e. The van der Waals surface area contributed by atoms with Crippen molar-refractivity contribution in [2.75, 3.05) is 0 Å². The van der Waals surface area contributed by atoms with Crippen LogP contribution in [-0.2, 0) is 5.54 Å². The summed E-state index contributed by atoms with van der Waals surface area (Å²) in [4.78, 5) is 4.08. The third-order valence-electron chi connectivity index (χ3n) is 3.40. The summed E-state index contributed by atoms with van der Waals surface area (Å²) in [5.74, 6) is 0.577. The van der Waals surface area contributed by atoms with Gasteiger partial charge in [-0.25, -0.2) is 0 Å². The van der Waals surface area contributed by atoms with Gasteiger partial charge in [-0.05, 0) is 12.1 Å². The van der Waals surface area contributed by atoms with E-state index in [0.717, 1.165) is 0 Å². The molecule has 0 saturated heterocycles. The van der Waals surface area contributed by atoms with E-state index in [1.54, 1.807) is 24.5 Å². The van der Waals surface area contributed by atoms with Crippen molar-refractivity contribution < 1.29 is 4.74 Å². The van der Waals surface area contributed by atoms with Crippen LogP contribution in [0.5, 0.6) is 5.75 Å². The second-order valence-electron chi connectivity index (χ2n) is 4.50. The predicted molar refractivity (Wildman–Crippen MR) is 73.1 cm³/mol. The van der Waals surface area contributed by atoms with Gasteiger partial charge in [-0.1, -0.05) is 24.3 Å². The second kappa shape index (κ2) is 4.37. The highest BCUT2D eigenvalue weighted by Crippen LogP contribution is 2.42. The van der Waals surface area contributed by atoms with Crippen molar-refractivity contribution in [3.63, 3.8) is 0 Å². The molecule has 0 aliphatic carbocycles. The Balaban J connectivity index is 2.34. The van der Waals surface area contributed by atoms with Crippen LogP contribution in [0.4, 0.5) is 0 Å². The van der Waals surface area contributed by atoms with Gasteiger partial charge >= 0.3 is 0 Å². The summed E-state index contributed by atoms with van der Waals surface area (Å²) < 4.78 is 5.49. The first-order valence-corrected chi connectivity index (χ1v) is 6.05. The molecule has 5 nitrogen and oxygen atoms in total. The van der Waals surface area contributed by atoms with Crippen LogP contribution in [0.3, 0.4) is 0 Å². The Hall–Kier alpha value is -2.84. The second-order valence-corrected chi connectivity index (χ2v) is 4.50. The molecule has 20 heavy (non-hydrogen) atoms. The van der Waals surface area contributed by atoms with E-state index in [2.05, 4.69) is 11.1 Å². The number of pyridine rings is 1. The Bertz CT molecular complexity index is 733. The maximum Gasteiger partial charge on any atom is 0.207 e. The minimum atomic E-state index is -1.15. The van der Waals surface area contributed by atoms with Crippen LogP contribution in [-0.4, -0.2) is 4.98 Å². The van der Waals surface area contributed by atoms with Gasteiger partial charge in [-0.15, -0.1) is 0 Å². The molecule has 98 valence electrons. The topological polar surface area (TPSA) is 98.0 Å². The van der Waals surface area contributed by atoms with E-state index in [4.69, 9.17) is 16.2 Å². The fourth-order valence-electron chi connectivity index (χ4n) is 2.42. The zero-order valence-corrected chi connectivity index (χ0v) is 10.6. The van der Waals surface area contributed by atoms with Crippen LogP contribution < -0.4 is 16.2 Å². The fourth-order valence-corrected chi connectivity index (χ4v) is 2.42. The molecule has 1 unspecified atom stereocenters. The van der Waals surface area contributed by atoms with Crippen LogP contribution >= 0.6 is 0 Å². The number of benzene rings is 1. The van der Waals surface area contributed by atoms with Crippen molar-refractivity contribution in [2.24, 2.45) is 11.5 Å². The highest BCUT2D eigenvalue weighted by Gasteiger charge is 2.42. The monoisotopic (exact) mass is 264 g/mol. The Morgan fingerprint density at radius 1 is 1.20 bits per heavy atom. The van der Waals surface area contributed by atoms with Crippen molar-refractivity contribution in [3.8, 4) is 11.8 Å². The Morgan fingerprint density at radius 2 is 2.00 bits per heavy atom. The number of aromatic nitrogens is 1. The molecule has 0 bridgehead atoms. The van der Waals surface area contributed by atoms with Gasteiger partial charge in [0.15, 0.2) is 0 Å². The van der Waals surface area contributed by atoms with Crippen molar-refractivity contribution in [1.29, 1.82) is 5.26 Å². The van der Waals surface area contributed by atoms with Crippen LogP contribution in [0.2, 0.25) is 0 Å². The number of para-hydroxylation sites is 1. The fraction of sp³-hybridized carbons (Fsp3) is 0.0667. The zero-order valence-electron chi connectivity index (χ0n) is 10.6. The molecule has 0 amide bonds. The molecule has 1 atom stereocenters. The Morgan fingerprint density at radius 3 is 2.70 bits per heavy atom. The number of fused-ring (bicyclic) bond motifs is 1. The van der Waals surface area contributed by atoms with E-state index in [-0.39, 0.29) is 11.5 Å². The molecule has 1 aromatic heterocycles. The number of ether oxygens (including phenoxy) is 1. The molecule has 0 fully saturated rings. The lowest BCUT2D eigenvalue weighted by atomic mass is 9.77. The largest absolute Gasteiger partial charge is 0.440 e. The number of hydrogen-bond acceptors (Lipinski definition) is 5. The summed E-state index contributed by atoms with van der Waals surface area (Å²) in [5, 5.41) is 9.42. The van der Waals surface area contributed by atoms with Crippen LogP contribution in [0.25, 0.3) is 0 Å². The van der Waals surface area contributed by atoms with E-state index in [1.165, 1.54) is 0 Å². The summed E-state index contributed by atoms with van der Waals surface area (Å²) in [7, 11) is 0. The van der Waals surface area contributed by atoms with E-state index in [9.17, 15) is 5.26 Å². The van der Waals surface area contributed by atoms with E-state index in [1.807, 2.05) is 24.3 Å². The molecule has 5 heteroatoms. The number of nitrogens with two attached hydrogens (primary N) is 2. The van der Waals surface area contributed by atoms with Gasteiger partial charge in [0.05, 0.1) is 0 Å². The lowest BCUT2D eigenvalue weighted by Gasteiger charge is -2.35. The number of nitriles is 1. The van der Waals surface area contributed by atoms with Gasteiger partial charge in [0.1, 0.15) is 22.9 Å². The van der Waals surface area contributed by atoms with Gasteiger partial charge in [0, 0.05) is 23.5 Å². The summed E-state index contributed by atoms with van der Waals surface area (Å²) in [6.45, 7) is 0.